The normalized spacial score (nSPS) is 14.1. The average Bonchev–Trinajstić information content (AvgIpc) is 2.75. The molecule has 0 saturated carbocycles. The predicted octanol–water partition coefficient (Wildman–Crippen LogP) is 5.25. The fourth-order valence-electron chi connectivity index (χ4n) is 3.40. The Hall–Kier alpha value is -1.80. The zero-order valence-corrected chi connectivity index (χ0v) is 19.4. The highest BCUT2D eigenvalue weighted by atomic mass is 32.2. The maximum Gasteiger partial charge on any atom is 0.100 e. The first kappa shape index (κ1) is 21.9. The first-order valence-electron chi connectivity index (χ1n) is 9.95. The van der Waals surface area contributed by atoms with Crippen molar-refractivity contribution in [2.45, 2.75) is 31.6 Å². The summed E-state index contributed by atoms with van der Waals surface area (Å²) in [6.07, 6.45) is 0.922. The number of hydrogen-bond acceptors (Lipinski definition) is 1. The zero-order chi connectivity index (χ0) is 20.9. The molecule has 3 rings (SSSR count). The Bertz CT molecular complexity index is 870. The smallest absolute Gasteiger partial charge is 0.100 e. The van der Waals surface area contributed by atoms with Crippen molar-refractivity contribution in [3.8, 4) is 0 Å². The molecule has 3 aromatic rings. The van der Waals surface area contributed by atoms with Crippen LogP contribution >= 0.6 is 7.92 Å². The van der Waals surface area contributed by atoms with Gasteiger partial charge in [0.15, 0.2) is 0 Å². The third-order valence-corrected chi connectivity index (χ3v) is 9.28. The van der Waals surface area contributed by atoms with Crippen LogP contribution in [0.4, 0.5) is 0 Å². The van der Waals surface area contributed by atoms with Crippen molar-refractivity contribution < 1.29 is 4.21 Å². The predicted molar refractivity (Wildman–Crippen MR) is 129 cm³/mol. The lowest BCUT2D eigenvalue weighted by atomic mass is 10.1. The number of hydrogen-bond donors (Lipinski definition) is 0. The summed E-state index contributed by atoms with van der Waals surface area (Å²) in [4.78, 5) is 0. The van der Waals surface area contributed by atoms with Crippen LogP contribution in [-0.2, 0) is 11.0 Å². The molecular weight excluding hydrogens is 393 g/mol. The molecule has 0 radical (unpaired) electrons. The third-order valence-electron chi connectivity index (χ3n) is 4.90. The molecule has 0 spiro atoms. The van der Waals surface area contributed by atoms with Gasteiger partial charge in [0.25, 0.3) is 0 Å². The van der Waals surface area contributed by atoms with Crippen LogP contribution in [0.25, 0.3) is 0 Å². The molecule has 0 N–H and O–H groups in total. The fraction of sp³-hybridized carbons (Fsp3) is 0.280. The van der Waals surface area contributed by atoms with Crippen LogP contribution in [0.3, 0.4) is 0 Å². The molecule has 3 aromatic carbocycles. The van der Waals surface area contributed by atoms with Gasteiger partial charge in [0.05, 0.1) is 10.8 Å². The standard InChI is InChI=1S/C25H30NOPS/c1-25(2,3)29(27)26(4)24(21-14-8-5-9-15-21)20-28(22-16-10-6-11-17-22)23-18-12-7-13-19-23/h5-19,24H,20H2,1-4H3/t24?,29-/m1/s1. The average molecular weight is 424 g/mol. The SMILES string of the molecule is CN(C(CP(c1ccccc1)c1ccccc1)c1ccccc1)[S@](=O)C(C)(C)C. The van der Waals surface area contributed by atoms with Crippen LogP contribution in [0.15, 0.2) is 91.0 Å². The molecule has 0 heterocycles. The lowest BCUT2D eigenvalue weighted by Crippen LogP contribution is -2.39. The molecule has 0 saturated heterocycles. The Labute approximate surface area is 179 Å². The van der Waals surface area contributed by atoms with Crippen molar-refractivity contribution in [3.63, 3.8) is 0 Å². The van der Waals surface area contributed by atoms with Crippen LogP contribution in [0.5, 0.6) is 0 Å². The van der Waals surface area contributed by atoms with Crippen molar-refractivity contribution in [1.29, 1.82) is 0 Å². The van der Waals surface area contributed by atoms with E-state index in [-0.39, 0.29) is 10.8 Å². The molecule has 0 fully saturated rings. The molecule has 1 unspecified atom stereocenters. The van der Waals surface area contributed by atoms with E-state index in [0.29, 0.717) is 0 Å². The maximum atomic E-state index is 13.3. The summed E-state index contributed by atoms with van der Waals surface area (Å²) in [6, 6.07) is 32.1. The monoisotopic (exact) mass is 423 g/mol. The zero-order valence-electron chi connectivity index (χ0n) is 17.7. The van der Waals surface area contributed by atoms with E-state index >= 15 is 0 Å². The van der Waals surface area contributed by atoms with E-state index in [2.05, 4.69) is 89.2 Å². The molecule has 0 aliphatic heterocycles. The second-order valence-corrected chi connectivity index (χ2v) is 12.7. The maximum absolute atomic E-state index is 13.3. The molecule has 29 heavy (non-hydrogen) atoms. The summed E-state index contributed by atoms with van der Waals surface area (Å²) in [5, 5.41) is 2.70. The van der Waals surface area contributed by atoms with Gasteiger partial charge in [-0.25, -0.2) is 8.51 Å². The van der Waals surface area contributed by atoms with Crippen LogP contribution in [0.2, 0.25) is 0 Å². The van der Waals surface area contributed by atoms with E-state index in [1.807, 2.05) is 33.9 Å². The van der Waals surface area contributed by atoms with Crippen LogP contribution in [0, 0.1) is 0 Å². The summed E-state index contributed by atoms with van der Waals surface area (Å²) >= 11 is 0. The van der Waals surface area contributed by atoms with Crippen LogP contribution in [0.1, 0.15) is 32.4 Å². The van der Waals surface area contributed by atoms with Gasteiger partial charge >= 0.3 is 0 Å². The Balaban J connectivity index is 2.03. The third kappa shape index (κ3) is 5.63. The lowest BCUT2D eigenvalue weighted by Gasteiger charge is -2.35. The van der Waals surface area contributed by atoms with Crippen molar-refractivity contribution >= 4 is 29.5 Å². The quantitative estimate of drug-likeness (QED) is 0.475. The molecule has 0 bridgehead atoms. The Morgan fingerprint density at radius 1 is 0.793 bits per heavy atom. The van der Waals surface area contributed by atoms with Gasteiger partial charge in [-0.05, 0) is 51.0 Å². The van der Waals surface area contributed by atoms with E-state index in [0.717, 1.165) is 6.16 Å². The highest BCUT2D eigenvalue weighted by Gasteiger charge is 2.31. The van der Waals surface area contributed by atoms with Gasteiger partial charge in [0.2, 0.25) is 0 Å². The van der Waals surface area contributed by atoms with Gasteiger partial charge in [0, 0.05) is 7.05 Å². The van der Waals surface area contributed by atoms with Gasteiger partial charge in [0.1, 0.15) is 11.0 Å². The molecule has 0 amide bonds. The second kappa shape index (κ2) is 9.80. The summed E-state index contributed by atoms with van der Waals surface area (Å²) in [5.41, 5.74) is 1.21. The van der Waals surface area contributed by atoms with Gasteiger partial charge < -0.3 is 0 Å². The van der Waals surface area contributed by atoms with E-state index in [1.165, 1.54) is 16.2 Å². The summed E-state index contributed by atoms with van der Waals surface area (Å²) < 4.78 is 15.0. The minimum atomic E-state index is -1.10. The van der Waals surface area contributed by atoms with Crippen LogP contribution in [-0.4, -0.2) is 26.5 Å². The lowest BCUT2D eigenvalue weighted by molar-refractivity contribution is 0.422. The molecule has 4 heteroatoms. The highest BCUT2D eigenvalue weighted by molar-refractivity contribution is 7.84. The first-order chi connectivity index (χ1) is 13.9. The Kier molecular flexibility index (Phi) is 7.40. The molecule has 0 aliphatic carbocycles. The number of rotatable bonds is 7. The van der Waals surface area contributed by atoms with Crippen molar-refractivity contribution in [3.05, 3.63) is 96.6 Å². The highest BCUT2D eigenvalue weighted by Crippen LogP contribution is 2.41. The van der Waals surface area contributed by atoms with Gasteiger partial charge in [-0.3, -0.25) is 0 Å². The second-order valence-electron chi connectivity index (χ2n) is 8.12. The molecular formula is C25H30NOPS. The molecule has 0 aliphatic rings. The summed E-state index contributed by atoms with van der Waals surface area (Å²) in [7, 11) is 0.321. The van der Waals surface area contributed by atoms with E-state index in [9.17, 15) is 4.21 Å². The molecule has 2 nitrogen and oxygen atoms in total. The van der Waals surface area contributed by atoms with Crippen LogP contribution < -0.4 is 10.6 Å². The fourth-order valence-corrected chi connectivity index (χ4v) is 7.39. The topological polar surface area (TPSA) is 20.3 Å². The number of benzene rings is 3. The van der Waals surface area contributed by atoms with Crippen molar-refractivity contribution in [2.24, 2.45) is 0 Å². The van der Waals surface area contributed by atoms with Crippen molar-refractivity contribution in [2.75, 3.05) is 13.2 Å². The molecule has 0 aromatic heterocycles. The largest absolute Gasteiger partial charge is 0.242 e. The summed E-state index contributed by atoms with van der Waals surface area (Å²) in [5.74, 6) is 0. The van der Waals surface area contributed by atoms with E-state index in [1.54, 1.807) is 0 Å². The van der Waals surface area contributed by atoms with Gasteiger partial charge in [-0.2, -0.15) is 0 Å². The Morgan fingerprint density at radius 2 is 1.21 bits per heavy atom. The van der Waals surface area contributed by atoms with Gasteiger partial charge in [-0.1, -0.05) is 91.0 Å². The molecule has 152 valence electrons. The number of nitrogens with zero attached hydrogens (tertiary/aromatic N) is 1. The van der Waals surface area contributed by atoms with E-state index < -0.39 is 18.9 Å². The van der Waals surface area contributed by atoms with Crippen molar-refractivity contribution in [1.82, 2.24) is 4.31 Å². The first-order valence-corrected chi connectivity index (χ1v) is 12.6. The van der Waals surface area contributed by atoms with E-state index in [4.69, 9.17) is 0 Å². The minimum absolute atomic E-state index is 0.0720. The Morgan fingerprint density at radius 3 is 1.62 bits per heavy atom. The summed E-state index contributed by atoms with van der Waals surface area (Å²) in [6.45, 7) is 6.12. The molecule has 2 atom stereocenters. The minimum Gasteiger partial charge on any atom is -0.242 e. The van der Waals surface area contributed by atoms with Gasteiger partial charge in [-0.15, -0.1) is 0 Å².